The van der Waals surface area contributed by atoms with Gasteiger partial charge in [0.05, 0.1) is 29.3 Å². The van der Waals surface area contributed by atoms with Crippen molar-refractivity contribution in [3.63, 3.8) is 0 Å². The fraction of sp³-hybridized carbons (Fsp3) is 0.462. The highest BCUT2D eigenvalue weighted by atomic mass is 19.4. The van der Waals surface area contributed by atoms with Gasteiger partial charge in [0.25, 0.3) is 5.91 Å². The number of halogens is 4. The van der Waals surface area contributed by atoms with E-state index in [1.165, 1.54) is 6.07 Å². The van der Waals surface area contributed by atoms with Crippen LogP contribution >= 0.6 is 0 Å². The molecule has 9 nitrogen and oxygen atoms in total. The van der Waals surface area contributed by atoms with Crippen molar-refractivity contribution in [2.45, 2.75) is 57.0 Å². The van der Waals surface area contributed by atoms with Crippen LogP contribution in [0.25, 0.3) is 22.3 Å². The van der Waals surface area contributed by atoms with Crippen molar-refractivity contribution in [2.24, 2.45) is 5.92 Å². The highest BCUT2D eigenvalue weighted by Gasteiger charge is 2.37. The molecule has 2 heterocycles. The lowest BCUT2D eigenvalue weighted by molar-refractivity contribution is -0.137. The number of nitrogens with zero attached hydrogens (tertiary/aromatic N) is 2. The molecule has 13 heteroatoms. The molecule has 2 aliphatic carbocycles. The molecule has 0 unspecified atom stereocenters. The SMILES string of the molecule is Cc1[nH]c2c(-c3cc(C(F)(F)F)ccc3OCC3CC3)ncnc2c1C(=O)N[C@@H]1C[C@H](NC(=O)CO)C[C@H]1F. The first kappa shape index (κ1) is 26.9. The van der Waals surface area contributed by atoms with E-state index >= 15 is 0 Å². The average Bonchev–Trinajstić information content (AvgIpc) is 3.57. The molecule has 4 N–H and O–H groups in total. The molecular weight excluding hydrogens is 522 g/mol. The van der Waals surface area contributed by atoms with Gasteiger partial charge in [-0.15, -0.1) is 0 Å². The molecule has 2 aliphatic rings. The van der Waals surface area contributed by atoms with E-state index in [1.807, 2.05) is 0 Å². The summed E-state index contributed by atoms with van der Waals surface area (Å²) in [6.07, 6.45) is -2.76. The van der Waals surface area contributed by atoms with Crippen molar-refractivity contribution in [1.29, 1.82) is 0 Å². The first-order chi connectivity index (χ1) is 18.5. The van der Waals surface area contributed by atoms with Crippen molar-refractivity contribution in [2.75, 3.05) is 13.2 Å². The summed E-state index contributed by atoms with van der Waals surface area (Å²) in [5.74, 6) is -0.666. The van der Waals surface area contributed by atoms with E-state index in [2.05, 4.69) is 25.6 Å². The summed E-state index contributed by atoms with van der Waals surface area (Å²) < 4.78 is 61.2. The van der Waals surface area contributed by atoms with E-state index < -0.39 is 48.4 Å². The van der Waals surface area contributed by atoms with Gasteiger partial charge in [-0.05, 0) is 50.3 Å². The van der Waals surface area contributed by atoms with Gasteiger partial charge in [0.15, 0.2) is 0 Å². The molecule has 3 atom stereocenters. The Kier molecular flexibility index (Phi) is 7.19. The number of hydrogen-bond acceptors (Lipinski definition) is 6. The Bertz CT molecular complexity index is 1400. The minimum atomic E-state index is -4.59. The summed E-state index contributed by atoms with van der Waals surface area (Å²) in [5, 5.41) is 14.1. The fourth-order valence-electron chi connectivity index (χ4n) is 4.88. The van der Waals surface area contributed by atoms with Crippen LogP contribution in [0.1, 0.15) is 47.3 Å². The zero-order valence-electron chi connectivity index (χ0n) is 20.9. The zero-order valence-corrected chi connectivity index (χ0v) is 20.9. The van der Waals surface area contributed by atoms with Crippen LogP contribution in [0, 0.1) is 12.8 Å². The highest BCUT2D eigenvalue weighted by Crippen LogP contribution is 2.40. The Hall–Kier alpha value is -3.74. The van der Waals surface area contributed by atoms with E-state index in [-0.39, 0.29) is 46.4 Å². The number of aliphatic hydroxyl groups is 1. The average molecular weight is 550 g/mol. The van der Waals surface area contributed by atoms with Crippen molar-refractivity contribution in [1.82, 2.24) is 25.6 Å². The number of amides is 2. The lowest BCUT2D eigenvalue weighted by Gasteiger charge is -2.15. The Morgan fingerprint density at radius 3 is 2.64 bits per heavy atom. The minimum Gasteiger partial charge on any atom is -0.493 e. The van der Waals surface area contributed by atoms with Gasteiger partial charge in [-0.3, -0.25) is 9.59 Å². The van der Waals surface area contributed by atoms with Crippen molar-refractivity contribution >= 4 is 22.8 Å². The van der Waals surface area contributed by atoms with Crippen molar-refractivity contribution < 1.29 is 37.0 Å². The first-order valence-corrected chi connectivity index (χ1v) is 12.6. The second kappa shape index (κ2) is 10.4. The molecule has 2 aromatic heterocycles. The van der Waals surface area contributed by atoms with Crippen LogP contribution in [0.2, 0.25) is 0 Å². The van der Waals surface area contributed by atoms with Gasteiger partial charge in [0.2, 0.25) is 5.91 Å². The standard InChI is InChI=1S/C26H27F4N5O4/c1-12-21(25(38)35-18-8-15(7-17(18)27)34-20(37)9-36)23-24(33-12)22(31-11-32-23)16-6-14(26(28,29)30)4-5-19(16)39-10-13-2-3-13/h4-6,11,13,15,17-18,33,36H,2-3,7-10H2,1H3,(H,34,37)(H,35,38)/t15-,17-,18-/m1/s1. The summed E-state index contributed by atoms with van der Waals surface area (Å²) in [4.78, 5) is 36.2. The molecule has 0 spiro atoms. The van der Waals surface area contributed by atoms with Crippen molar-refractivity contribution in [3.8, 4) is 17.0 Å². The topological polar surface area (TPSA) is 129 Å². The van der Waals surface area contributed by atoms with Crippen LogP contribution < -0.4 is 15.4 Å². The van der Waals surface area contributed by atoms with E-state index in [9.17, 15) is 27.2 Å². The van der Waals surface area contributed by atoms with E-state index in [0.717, 1.165) is 31.3 Å². The van der Waals surface area contributed by atoms with Gasteiger partial charge in [-0.25, -0.2) is 14.4 Å². The number of aromatic nitrogens is 3. The molecule has 39 heavy (non-hydrogen) atoms. The molecule has 208 valence electrons. The number of alkyl halides is 4. The number of nitrogens with one attached hydrogen (secondary N) is 3. The maximum absolute atomic E-state index is 14.6. The Labute approximate surface area is 220 Å². The number of aryl methyl sites for hydroxylation is 1. The predicted molar refractivity (Wildman–Crippen MR) is 132 cm³/mol. The molecule has 0 aliphatic heterocycles. The number of H-pyrrole nitrogens is 1. The van der Waals surface area contributed by atoms with Crippen LogP contribution in [-0.2, 0) is 11.0 Å². The third-order valence-corrected chi connectivity index (χ3v) is 7.04. The first-order valence-electron chi connectivity index (χ1n) is 12.6. The van der Waals surface area contributed by atoms with Gasteiger partial charge < -0.3 is 25.5 Å². The number of ether oxygens (including phenoxy) is 1. The lowest BCUT2D eigenvalue weighted by Crippen LogP contribution is -2.40. The number of fused-ring (bicyclic) bond motifs is 1. The number of benzene rings is 1. The molecule has 0 radical (unpaired) electrons. The molecule has 2 amide bonds. The number of hydrogen-bond donors (Lipinski definition) is 4. The molecule has 1 aromatic carbocycles. The maximum atomic E-state index is 14.6. The van der Waals surface area contributed by atoms with Gasteiger partial charge in [0.1, 0.15) is 36.1 Å². The molecule has 0 bridgehead atoms. The van der Waals surface area contributed by atoms with Gasteiger partial charge in [0, 0.05) is 23.7 Å². The van der Waals surface area contributed by atoms with E-state index in [1.54, 1.807) is 6.92 Å². The van der Waals surface area contributed by atoms with Crippen LogP contribution in [-0.4, -0.2) is 63.3 Å². The van der Waals surface area contributed by atoms with Crippen LogP contribution in [0.5, 0.6) is 5.75 Å². The van der Waals surface area contributed by atoms with E-state index in [4.69, 9.17) is 9.84 Å². The smallest absolute Gasteiger partial charge is 0.416 e. The summed E-state index contributed by atoms with van der Waals surface area (Å²) in [7, 11) is 0. The van der Waals surface area contributed by atoms with Crippen LogP contribution in [0.4, 0.5) is 17.6 Å². The highest BCUT2D eigenvalue weighted by molar-refractivity contribution is 6.09. The number of carbonyl (C=O) groups is 2. The lowest BCUT2D eigenvalue weighted by atomic mass is 10.0. The Morgan fingerprint density at radius 2 is 1.95 bits per heavy atom. The second-order valence-corrected chi connectivity index (χ2v) is 10.0. The third-order valence-electron chi connectivity index (χ3n) is 7.04. The number of aromatic amines is 1. The van der Waals surface area contributed by atoms with E-state index in [0.29, 0.717) is 18.2 Å². The zero-order chi connectivity index (χ0) is 27.9. The summed E-state index contributed by atoms with van der Waals surface area (Å²) in [5.41, 5.74) is 0.253. The minimum absolute atomic E-state index is 0.0188. The van der Waals surface area contributed by atoms with Gasteiger partial charge in [-0.2, -0.15) is 13.2 Å². The molecule has 2 fully saturated rings. The number of rotatable bonds is 8. The quantitative estimate of drug-likeness (QED) is 0.319. The normalized spacial score (nSPS) is 21.2. The van der Waals surface area contributed by atoms with Crippen LogP contribution in [0.3, 0.4) is 0 Å². The molecule has 0 saturated heterocycles. The van der Waals surface area contributed by atoms with Gasteiger partial charge >= 0.3 is 6.18 Å². The van der Waals surface area contributed by atoms with Crippen molar-refractivity contribution in [3.05, 3.63) is 41.3 Å². The maximum Gasteiger partial charge on any atom is 0.416 e. The Morgan fingerprint density at radius 1 is 1.18 bits per heavy atom. The molecule has 2 saturated carbocycles. The largest absolute Gasteiger partial charge is 0.493 e. The summed E-state index contributed by atoms with van der Waals surface area (Å²) >= 11 is 0. The predicted octanol–water partition coefficient (Wildman–Crippen LogP) is 3.45. The molecule has 5 rings (SSSR count). The number of aliphatic hydroxyl groups excluding tert-OH is 1. The van der Waals surface area contributed by atoms with Gasteiger partial charge in [-0.1, -0.05) is 0 Å². The second-order valence-electron chi connectivity index (χ2n) is 10.0. The van der Waals surface area contributed by atoms with Crippen LogP contribution in [0.15, 0.2) is 24.5 Å². The third kappa shape index (κ3) is 5.68. The summed E-state index contributed by atoms with van der Waals surface area (Å²) in [6.45, 7) is 1.25. The number of carbonyl (C=O) groups excluding carboxylic acids is 2. The molecular formula is C26H27F4N5O4. The summed E-state index contributed by atoms with van der Waals surface area (Å²) in [6, 6.07) is 1.75. The Balaban J connectivity index is 1.47. The fourth-order valence-corrected chi connectivity index (χ4v) is 4.88. The monoisotopic (exact) mass is 549 g/mol. The molecule has 3 aromatic rings.